The molecule has 0 atom stereocenters. The Morgan fingerprint density at radius 1 is 1.17 bits per heavy atom. The highest BCUT2D eigenvalue weighted by Gasteiger charge is 2.09. The molecular formula is C19H13FN2S. The van der Waals surface area contributed by atoms with Crippen LogP contribution in [-0.2, 0) is 0 Å². The van der Waals surface area contributed by atoms with Crippen LogP contribution in [0.3, 0.4) is 0 Å². The molecule has 1 aromatic heterocycles. The first-order valence-electron chi connectivity index (χ1n) is 7.06. The van der Waals surface area contributed by atoms with Crippen molar-refractivity contribution >= 4 is 23.0 Å². The van der Waals surface area contributed by atoms with Crippen LogP contribution in [0.1, 0.15) is 16.1 Å². The molecule has 3 aromatic rings. The Morgan fingerprint density at radius 2 is 1.91 bits per heavy atom. The minimum Gasteiger partial charge on any atom is -0.235 e. The smallest absolute Gasteiger partial charge is 0.134 e. The van der Waals surface area contributed by atoms with Gasteiger partial charge in [0, 0.05) is 10.9 Å². The van der Waals surface area contributed by atoms with Gasteiger partial charge in [-0.1, -0.05) is 24.3 Å². The number of allylic oxidation sites excluding steroid dienone is 1. The first-order valence-corrected chi connectivity index (χ1v) is 7.94. The van der Waals surface area contributed by atoms with Gasteiger partial charge in [0.2, 0.25) is 0 Å². The van der Waals surface area contributed by atoms with Crippen molar-refractivity contribution in [3.8, 4) is 17.3 Å². The summed E-state index contributed by atoms with van der Waals surface area (Å²) in [6.07, 6.45) is 1.85. The van der Waals surface area contributed by atoms with Gasteiger partial charge in [-0.25, -0.2) is 9.37 Å². The summed E-state index contributed by atoms with van der Waals surface area (Å²) >= 11 is 1.41. The Bertz CT molecular complexity index is 902. The van der Waals surface area contributed by atoms with Gasteiger partial charge in [-0.15, -0.1) is 11.3 Å². The van der Waals surface area contributed by atoms with Gasteiger partial charge < -0.3 is 0 Å². The average Bonchev–Trinajstić information content (AvgIpc) is 3.04. The van der Waals surface area contributed by atoms with E-state index in [1.165, 1.54) is 23.5 Å². The van der Waals surface area contributed by atoms with Crippen LogP contribution in [-0.4, -0.2) is 4.98 Å². The van der Waals surface area contributed by atoms with Gasteiger partial charge in [-0.05, 0) is 48.4 Å². The SMILES string of the molecule is Cc1ccccc1/C=C(\C#N)c1nc(-c2ccc(F)cc2)cs1. The van der Waals surface area contributed by atoms with E-state index in [1.807, 2.05) is 42.6 Å². The first-order chi connectivity index (χ1) is 11.2. The maximum atomic E-state index is 13.0. The molecule has 0 fully saturated rings. The van der Waals surface area contributed by atoms with Crippen LogP contribution in [0, 0.1) is 24.1 Å². The first kappa shape index (κ1) is 15.1. The predicted octanol–water partition coefficient (Wildman–Crippen LogP) is 5.32. The third-order valence-electron chi connectivity index (χ3n) is 3.48. The lowest BCUT2D eigenvalue weighted by molar-refractivity contribution is 0.628. The number of nitriles is 1. The van der Waals surface area contributed by atoms with Crippen molar-refractivity contribution in [3.63, 3.8) is 0 Å². The van der Waals surface area contributed by atoms with E-state index in [1.54, 1.807) is 12.1 Å². The summed E-state index contributed by atoms with van der Waals surface area (Å²) in [6, 6.07) is 16.3. The van der Waals surface area contributed by atoms with Crippen molar-refractivity contribution in [2.24, 2.45) is 0 Å². The van der Waals surface area contributed by atoms with E-state index in [9.17, 15) is 9.65 Å². The summed E-state index contributed by atoms with van der Waals surface area (Å²) in [6.45, 7) is 2.01. The van der Waals surface area contributed by atoms with Crippen LogP contribution in [0.4, 0.5) is 4.39 Å². The summed E-state index contributed by atoms with van der Waals surface area (Å²) < 4.78 is 13.0. The third-order valence-corrected chi connectivity index (χ3v) is 4.36. The molecule has 3 rings (SSSR count). The second-order valence-corrected chi connectivity index (χ2v) is 5.93. The molecule has 112 valence electrons. The van der Waals surface area contributed by atoms with Crippen molar-refractivity contribution in [3.05, 3.63) is 75.9 Å². The van der Waals surface area contributed by atoms with Crippen LogP contribution in [0.2, 0.25) is 0 Å². The van der Waals surface area contributed by atoms with E-state index in [0.717, 1.165) is 22.4 Å². The Hall–Kier alpha value is -2.77. The number of benzene rings is 2. The molecule has 0 aliphatic heterocycles. The number of hydrogen-bond donors (Lipinski definition) is 0. The fourth-order valence-corrected chi connectivity index (χ4v) is 2.99. The van der Waals surface area contributed by atoms with Gasteiger partial charge in [0.1, 0.15) is 16.9 Å². The molecule has 0 saturated heterocycles. The van der Waals surface area contributed by atoms with Gasteiger partial charge in [-0.2, -0.15) is 5.26 Å². The van der Waals surface area contributed by atoms with Gasteiger partial charge in [0.15, 0.2) is 0 Å². The fourth-order valence-electron chi connectivity index (χ4n) is 2.20. The quantitative estimate of drug-likeness (QED) is 0.612. The highest BCUT2D eigenvalue weighted by molar-refractivity contribution is 7.11. The minimum atomic E-state index is -0.277. The lowest BCUT2D eigenvalue weighted by Gasteiger charge is -2.00. The average molecular weight is 320 g/mol. The molecule has 0 aliphatic carbocycles. The Labute approximate surface area is 138 Å². The van der Waals surface area contributed by atoms with E-state index in [4.69, 9.17) is 0 Å². The van der Waals surface area contributed by atoms with Crippen molar-refractivity contribution < 1.29 is 4.39 Å². The van der Waals surface area contributed by atoms with Crippen LogP contribution >= 0.6 is 11.3 Å². The zero-order chi connectivity index (χ0) is 16.2. The normalized spacial score (nSPS) is 11.3. The second-order valence-electron chi connectivity index (χ2n) is 5.07. The standard InChI is InChI=1S/C19H13FN2S/c1-13-4-2-3-5-15(13)10-16(11-21)19-22-18(12-23-19)14-6-8-17(20)9-7-14/h2-10,12H,1H3/b16-10+. The van der Waals surface area contributed by atoms with Gasteiger partial charge >= 0.3 is 0 Å². The monoisotopic (exact) mass is 320 g/mol. The topological polar surface area (TPSA) is 36.7 Å². The highest BCUT2D eigenvalue weighted by atomic mass is 32.1. The molecule has 0 aliphatic rings. The fraction of sp³-hybridized carbons (Fsp3) is 0.0526. The second kappa shape index (κ2) is 6.55. The van der Waals surface area contributed by atoms with E-state index >= 15 is 0 Å². The Kier molecular flexibility index (Phi) is 4.31. The van der Waals surface area contributed by atoms with E-state index in [-0.39, 0.29) is 5.82 Å². The molecule has 0 unspecified atom stereocenters. The molecule has 0 bridgehead atoms. The lowest BCUT2D eigenvalue weighted by Crippen LogP contribution is -1.85. The van der Waals surface area contributed by atoms with Crippen molar-refractivity contribution in [1.82, 2.24) is 4.98 Å². The summed E-state index contributed by atoms with van der Waals surface area (Å²) in [5.74, 6) is -0.277. The van der Waals surface area contributed by atoms with Crippen LogP contribution in [0.15, 0.2) is 53.9 Å². The third kappa shape index (κ3) is 3.36. The molecule has 1 heterocycles. The number of aryl methyl sites for hydroxylation is 1. The molecule has 0 N–H and O–H groups in total. The highest BCUT2D eigenvalue weighted by Crippen LogP contribution is 2.27. The minimum absolute atomic E-state index is 0.277. The van der Waals surface area contributed by atoms with Crippen LogP contribution in [0.25, 0.3) is 22.9 Å². The Morgan fingerprint density at radius 3 is 2.61 bits per heavy atom. The molecule has 4 heteroatoms. The predicted molar refractivity (Wildman–Crippen MR) is 92.2 cm³/mol. The Balaban J connectivity index is 1.96. The summed E-state index contributed by atoms with van der Waals surface area (Å²) in [4.78, 5) is 4.51. The molecule has 0 spiro atoms. The summed E-state index contributed by atoms with van der Waals surface area (Å²) in [5, 5.41) is 12.0. The molecule has 2 aromatic carbocycles. The summed E-state index contributed by atoms with van der Waals surface area (Å²) in [5.41, 5.74) is 4.22. The van der Waals surface area contributed by atoms with Crippen LogP contribution in [0.5, 0.6) is 0 Å². The summed E-state index contributed by atoms with van der Waals surface area (Å²) in [7, 11) is 0. The largest absolute Gasteiger partial charge is 0.235 e. The molecule has 23 heavy (non-hydrogen) atoms. The number of thiazole rings is 1. The maximum Gasteiger partial charge on any atom is 0.134 e. The number of nitrogens with zero attached hydrogens (tertiary/aromatic N) is 2. The maximum absolute atomic E-state index is 13.0. The van der Waals surface area contributed by atoms with E-state index in [2.05, 4.69) is 11.1 Å². The lowest BCUT2D eigenvalue weighted by atomic mass is 10.1. The molecule has 0 amide bonds. The van der Waals surface area contributed by atoms with Crippen molar-refractivity contribution in [2.45, 2.75) is 6.92 Å². The number of halogens is 1. The van der Waals surface area contributed by atoms with Gasteiger partial charge in [-0.3, -0.25) is 0 Å². The van der Waals surface area contributed by atoms with Gasteiger partial charge in [0.25, 0.3) is 0 Å². The number of rotatable bonds is 3. The van der Waals surface area contributed by atoms with Crippen LogP contribution < -0.4 is 0 Å². The zero-order valence-electron chi connectivity index (χ0n) is 12.5. The molecule has 0 saturated carbocycles. The van der Waals surface area contributed by atoms with Crippen molar-refractivity contribution in [2.75, 3.05) is 0 Å². The zero-order valence-corrected chi connectivity index (χ0v) is 13.3. The number of hydrogen-bond acceptors (Lipinski definition) is 3. The van der Waals surface area contributed by atoms with Crippen molar-refractivity contribution in [1.29, 1.82) is 5.26 Å². The molecular weight excluding hydrogens is 307 g/mol. The van der Waals surface area contributed by atoms with E-state index in [0.29, 0.717) is 10.6 Å². The van der Waals surface area contributed by atoms with E-state index < -0.39 is 0 Å². The van der Waals surface area contributed by atoms with Gasteiger partial charge in [0.05, 0.1) is 11.3 Å². The molecule has 2 nitrogen and oxygen atoms in total. The molecule has 0 radical (unpaired) electrons. The number of aromatic nitrogens is 1.